The first kappa shape index (κ1) is 13.0. The van der Waals surface area contributed by atoms with Gasteiger partial charge in [0.05, 0.1) is 0 Å². The van der Waals surface area contributed by atoms with E-state index in [4.69, 9.17) is 0 Å². The molecule has 0 radical (unpaired) electrons. The summed E-state index contributed by atoms with van der Waals surface area (Å²) in [4.78, 5) is 2.43. The molecule has 94 valence electrons. The maximum atomic E-state index is 13.8. The van der Waals surface area contributed by atoms with Crippen molar-refractivity contribution in [3.8, 4) is 0 Å². The minimum Gasteiger partial charge on any atom is -0.296 e. The normalized spacial score (nSPS) is 21.7. The SMILES string of the molecule is CCC1CCCCN1Cc1ccc(Br)cc1F. The average molecular weight is 300 g/mol. The summed E-state index contributed by atoms with van der Waals surface area (Å²) < 4.78 is 14.6. The van der Waals surface area contributed by atoms with Crippen LogP contribution in [0.4, 0.5) is 4.39 Å². The number of benzene rings is 1. The quantitative estimate of drug-likeness (QED) is 0.802. The summed E-state index contributed by atoms with van der Waals surface area (Å²) in [7, 11) is 0. The Morgan fingerprint density at radius 3 is 2.94 bits per heavy atom. The van der Waals surface area contributed by atoms with Gasteiger partial charge in [0, 0.05) is 22.6 Å². The van der Waals surface area contributed by atoms with Crippen LogP contribution in [0, 0.1) is 5.82 Å². The molecule has 1 aliphatic rings. The Labute approximate surface area is 111 Å². The van der Waals surface area contributed by atoms with E-state index in [2.05, 4.69) is 27.8 Å². The fourth-order valence-electron chi connectivity index (χ4n) is 2.60. The van der Waals surface area contributed by atoms with Crippen molar-refractivity contribution >= 4 is 15.9 Å². The molecule has 0 amide bonds. The van der Waals surface area contributed by atoms with Gasteiger partial charge in [-0.2, -0.15) is 0 Å². The summed E-state index contributed by atoms with van der Waals surface area (Å²) in [5.41, 5.74) is 0.813. The number of halogens is 2. The smallest absolute Gasteiger partial charge is 0.128 e. The van der Waals surface area contributed by atoms with E-state index in [1.807, 2.05) is 12.1 Å². The predicted molar refractivity (Wildman–Crippen MR) is 72.4 cm³/mol. The van der Waals surface area contributed by atoms with E-state index >= 15 is 0 Å². The molecule has 0 saturated carbocycles. The highest BCUT2D eigenvalue weighted by atomic mass is 79.9. The summed E-state index contributed by atoms with van der Waals surface area (Å²) in [5.74, 6) is -0.0974. The minimum atomic E-state index is -0.0974. The lowest BCUT2D eigenvalue weighted by molar-refractivity contribution is 0.134. The Balaban J connectivity index is 2.08. The van der Waals surface area contributed by atoms with Crippen LogP contribution < -0.4 is 0 Å². The zero-order valence-corrected chi connectivity index (χ0v) is 11.8. The van der Waals surface area contributed by atoms with Gasteiger partial charge in [-0.3, -0.25) is 4.90 Å². The first-order chi connectivity index (χ1) is 8.20. The van der Waals surface area contributed by atoms with Crippen molar-refractivity contribution < 1.29 is 4.39 Å². The molecule has 3 heteroatoms. The topological polar surface area (TPSA) is 3.24 Å². The fraction of sp³-hybridized carbons (Fsp3) is 0.571. The summed E-state index contributed by atoms with van der Waals surface area (Å²) >= 11 is 3.29. The molecule has 1 heterocycles. The van der Waals surface area contributed by atoms with Crippen molar-refractivity contribution in [2.45, 2.75) is 45.2 Å². The van der Waals surface area contributed by atoms with Gasteiger partial charge in [0.15, 0.2) is 0 Å². The van der Waals surface area contributed by atoms with Gasteiger partial charge in [-0.15, -0.1) is 0 Å². The molecule has 0 spiro atoms. The number of piperidine rings is 1. The minimum absolute atomic E-state index is 0.0974. The second kappa shape index (κ2) is 5.96. The van der Waals surface area contributed by atoms with Gasteiger partial charge in [0.1, 0.15) is 5.82 Å². The molecule has 1 nitrogen and oxygen atoms in total. The number of nitrogens with zero attached hydrogens (tertiary/aromatic N) is 1. The van der Waals surface area contributed by atoms with Crippen LogP contribution in [0.25, 0.3) is 0 Å². The van der Waals surface area contributed by atoms with Crippen molar-refractivity contribution in [3.63, 3.8) is 0 Å². The molecule has 0 aliphatic carbocycles. The summed E-state index contributed by atoms with van der Waals surface area (Å²) in [6, 6.07) is 6.00. The third-order valence-corrected chi connectivity index (χ3v) is 4.10. The van der Waals surface area contributed by atoms with E-state index in [0.29, 0.717) is 6.04 Å². The molecule has 0 bridgehead atoms. The fourth-order valence-corrected chi connectivity index (χ4v) is 2.93. The van der Waals surface area contributed by atoms with Crippen LogP contribution in [-0.4, -0.2) is 17.5 Å². The van der Waals surface area contributed by atoms with Crippen LogP contribution in [0.1, 0.15) is 38.2 Å². The highest BCUT2D eigenvalue weighted by Crippen LogP contribution is 2.23. The van der Waals surface area contributed by atoms with Crippen LogP contribution in [0.15, 0.2) is 22.7 Å². The van der Waals surface area contributed by atoms with Crippen molar-refractivity contribution in [1.29, 1.82) is 0 Å². The number of likely N-dealkylation sites (tertiary alicyclic amines) is 1. The second-order valence-corrected chi connectivity index (χ2v) is 5.68. The van der Waals surface area contributed by atoms with Crippen molar-refractivity contribution in [1.82, 2.24) is 4.90 Å². The highest BCUT2D eigenvalue weighted by molar-refractivity contribution is 9.10. The van der Waals surface area contributed by atoms with Crippen LogP contribution in [-0.2, 0) is 6.54 Å². The molecule has 17 heavy (non-hydrogen) atoms. The van der Waals surface area contributed by atoms with Gasteiger partial charge in [-0.25, -0.2) is 4.39 Å². The van der Waals surface area contributed by atoms with Crippen LogP contribution in [0.3, 0.4) is 0 Å². The van der Waals surface area contributed by atoms with E-state index in [1.54, 1.807) is 6.07 Å². The Kier molecular flexibility index (Phi) is 4.57. The Bertz CT molecular complexity index is 380. The Morgan fingerprint density at radius 1 is 1.41 bits per heavy atom. The molecule has 1 saturated heterocycles. The zero-order valence-electron chi connectivity index (χ0n) is 10.3. The number of hydrogen-bond acceptors (Lipinski definition) is 1. The summed E-state index contributed by atoms with van der Waals surface area (Å²) in [6.45, 7) is 4.08. The molecule has 1 unspecified atom stereocenters. The van der Waals surface area contributed by atoms with E-state index in [9.17, 15) is 4.39 Å². The average Bonchev–Trinajstić information content (AvgIpc) is 2.33. The molecule has 0 N–H and O–H groups in total. The van der Waals surface area contributed by atoms with Crippen LogP contribution in [0.5, 0.6) is 0 Å². The predicted octanol–water partition coefficient (Wildman–Crippen LogP) is 4.35. The maximum absolute atomic E-state index is 13.8. The third-order valence-electron chi connectivity index (χ3n) is 3.61. The van der Waals surface area contributed by atoms with Crippen LogP contribution >= 0.6 is 15.9 Å². The molecule has 2 rings (SSSR count). The van der Waals surface area contributed by atoms with Crippen molar-refractivity contribution in [2.75, 3.05) is 6.54 Å². The van der Waals surface area contributed by atoms with Crippen molar-refractivity contribution in [2.24, 2.45) is 0 Å². The van der Waals surface area contributed by atoms with E-state index in [1.165, 1.54) is 19.3 Å². The molecule has 1 atom stereocenters. The highest BCUT2D eigenvalue weighted by Gasteiger charge is 2.21. The van der Waals surface area contributed by atoms with Crippen LogP contribution in [0.2, 0.25) is 0 Å². The monoisotopic (exact) mass is 299 g/mol. The molecule has 1 fully saturated rings. The lowest BCUT2D eigenvalue weighted by Gasteiger charge is -2.35. The summed E-state index contributed by atoms with van der Waals surface area (Å²) in [6.07, 6.45) is 4.99. The lowest BCUT2D eigenvalue weighted by Crippen LogP contribution is -2.38. The molecular formula is C14H19BrFN. The molecule has 1 aliphatic heterocycles. The third kappa shape index (κ3) is 3.29. The molecule has 1 aromatic rings. The van der Waals surface area contributed by atoms with Gasteiger partial charge in [0.2, 0.25) is 0 Å². The van der Waals surface area contributed by atoms with Gasteiger partial charge in [-0.1, -0.05) is 35.3 Å². The van der Waals surface area contributed by atoms with Gasteiger partial charge < -0.3 is 0 Å². The van der Waals surface area contributed by atoms with Gasteiger partial charge in [0.25, 0.3) is 0 Å². The zero-order chi connectivity index (χ0) is 12.3. The lowest BCUT2D eigenvalue weighted by atomic mass is 9.99. The van der Waals surface area contributed by atoms with E-state index in [0.717, 1.165) is 29.5 Å². The molecule has 1 aromatic carbocycles. The van der Waals surface area contributed by atoms with Gasteiger partial charge in [-0.05, 0) is 37.9 Å². The summed E-state index contributed by atoms with van der Waals surface area (Å²) in [5, 5.41) is 0. The first-order valence-electron chi connectivity index (χ1n) is 6.38. The van der Waals surface area contributed by atoms with Gasteiger partial charge >= 0.3 is 0 Å². The molecular weight excluding hydrogens is 281 g/mol. The first-order valence-corrected chi connectivity index (χ1v) is 7.18. The number of hydrogen-bond donors (Lipinski definition) is 0. The largest absolute Gasteiger partial charge is 0.296 e. The van der Waals surface area contributed by atoms with E-state index in [-0.39, 0.29) is 5.82 Å². The van der Waals surface area contributed by atoms with E-state index < -0.39 is 0 Å². The van der Waals surface area contributed by atoms with Crippen molar-refractivity contribution in [3.05, 3.63) is 34.1 Å². The maximum Gasteiger partial charge on any atom is 0.128 e. The Hall–Kier alpha value is -0.410. The second-order valence-electron chi connectivity index (χ2n) is 4.76. The number of rotatable bonds is 3. The molecule has 0 aromatic heterocycles. The standard InChI is InChI=1S/C14H19BrFN/c1-2-13-5-3-4-8-17(13)10-11-6-7-12(15)9-14(11)16/h6-7,9,13H,2-5,8,10H2,1H3. The Morgan fingerprint density at radius 2 is 2.24 bits per heavy atom.